The Morgan fingerprint density at radius 1 is 1.00 bits per heavy atom. The first kappa shape index (κ1) is 9.17. The zero-order valence-electron chi connectivity index (χ0n) is 8.16. The fraction of sp³-hybridized carbons (Fsp3) is 0. The number of hydrogen-bond donors (Lipinski definition) is 1. The van der Waals surface area contributed by atoms with Crippen molar-refractivity contribution in [1.29, 1.82) is 0 Å². The Morgan fingerprint density at radius 2 is 1.88 bits per heavy atom. The van der Waals surface area contributed by atoms with Crippen LogP contribution in [0.25, 0.3) is 22.3 Å². The molecule has 0 spiro atoms. The molecule has 3 aromatic rings. The predicted molar refractivity (Wildman–Crippen MR) is 62.9 cm³/mol. The lowest BCUT2D eigenvalue weighted by atomic mass is 10.1. The summed E-state index contributed by atoms with van der Waals surface area (Å²) in [5.74, 6) is 0.508. The standard InChI is InChI=1S/C10H7N5S/c11-9-2-1-6(4-12-9)7-3-8-10(13-5-7)15-16-14-8/h1-5H,(H2,11,12). The van der Waals surface area contributed by atoms with Crippen LogP contribution in [0.1, 0.15) is 0 Å². The molecule has 0 fully saturated rings. The largest absolute Gasteiger partial charge is 0.384 e. The van der Waals surface area contributed by atoms with Crippen LogP contribution in [0.5, 0.6) is 0 Å². The van der Waals surface area contributed by atoms with Gasteiger partial charge in [0.2, 0.25) is 0 Å². The maximum absolute atomic E-state index is 5.53. The summed E-state index contributed by atoms with van der Waals surface area (Å²) in [6, 6.07) is 5.61. The summed E-state index contributed by atoms with van der Waals surface area (Å²) in [7, 11) is 0. The van der Waals surface area contributed by atoms with Crippen molar-refractivity contribution >= 4 is 28.7 Å². The number of nitrogens with two attached hydrogens (primary N) is 1. The van der Waals surface area contributed by atoms with Crippen molar-refractivity contribution in [1.82, 2.24) is 18.7 Å². The van der Waals surface area contributed by atoms with Gasteiger partial charge in [-0.2, -0.15) is 8.75 Å². The van der Waals surface area contributed by atoms with Crippen molar-refractivity contribution in [2.45, 2.75) is 0 Å². The summed E-state index contributed by atoms with van der Waals surface area (Å²) in [6.07, 6.45) is 3.48. The number of fused-ring (bicyclic) bond motifs is 1. The highest BCUT2D eigenvalue weighted by atomic mass is 32.1. The minimum Gasteiger partial charge on any atom is -0.384 e. The normalized spacial score (nSPS) is 10.8. The van der Waals surface area contributed by atoms with Gasteiger partial charge in [-0.3, -0.25) is 0 Å². The average Bonchev–Trinajstić information content (AvgIpc) is 2.77. The molecule has 3 rings (SSSR count). The molecular weight excluding hydrogens is 222 g/mol. The van der Waals surface area contributed by atoms with Gasteiger partial charge in [-0.1, -0.05) is 0 Å². The molecule has 0 radical (unpaired) electrons. The Kier molecular flexibility index (Phi) is 2.00. The molecule has 0 unspecified atom stereocenters. The third-order valence-electron chi connectivity index (χ3n) is 2.23. The Bertz CT molecular complexity index is 631. The van der Waals surface area contributed by atoms with Gasteiger partial charge in [0, 0.05) is 23.5 Å². The monoisotopic (exact) mass is 229 g/mol. The van der Waals surface area contributed by atoms with Crippen LogP contribution in [0.4, 0.5) is 5.82 Å². The van der Waals surface area contributed by atoms with Gasteiger partial charge in [-0.15, -0.1) is 0 Å². The van der Waals surface area contributed by atoms with E-state index in [0.717, 1.165) is 28.4 Å². The van der Waals surface area contributed by atoms with E-state index >= 15 is 0 Å². The number of pyridine rings is 2. The summed E-state index contributed by atoms with van der Waals surface area (Å²) in [5, 5.41) is 0. The molecule has 3 aromatic heterocycles. The Hall–Kier alpha value is -2.08. The summed E-state index contributed by atoms with van der Waals surface area (Å²) in [5.41, 5.74) is 8.95. The lowest BCUT2D eigenvalue weighted by molar-refractivity contribution is 1.32. The van der Waals surface area contributed by atoms with E-state index in [1.165, 1.54) is 0 Å². The molecule has 0 aliphatic heterocycles. The van der Waals surface area contributed by atoms with Crippen LogP contribution in [0.3, 0.4) is 0 Å². The average molecular weight is 229 g/mol. The Labute approximate surface area is 95.3 Å². The molecule has 3 heterocycles. The van der Waals surface area contributed by atoms with Crippen LogP contribution >= 0.6 is 11.7 Å². The van der Waals surface area contributed by atoms with Crippen molar-refractivity contribution in [2.75, 3.05) is 5.73 Å². The molecule has 2 N–H and O–H groups in total. The van der Waals surface area contributed by atoms with Crippen molar-refractivity contribution < 1.29 is 0 Å². The van der Waals surface area contributed by atoms with Gasteiger partial charge in [0.25, 0.3) is 0 Å². The minimum atomic E-state index is 0.508. The minimum absolute atomic E-state index is 0.508. The van der Waals surface area contributed by atoms with E-state index in [9.17, 15) is 0 Å². The van der Waals surface area contributed by atoms with Crippen LogP contribution in [0, 0.1) is 0 Å². The molecule has 0 aliphatic carbocycles. The van der Waals surface area contributed by atoms with Crippen LogP contribution in [-0.4, -0.2) is 18.7 Å². The van der Waals surface area contributed by atoms with Crippen molar-refractivity contribution in [3.05, 3.63) is 30.6 Å². The molecule has 16 heavy (non-hydrogen) atoms. The quantitative estimate of drug-likeness (QED) is 0.687. The van der Waals surface area contributed by atoms with Gasteiger partial charge >= 0.3 is 0 Å². The molecule has 5 nitrogen and oxygen atoms in total. The van der Waals surface area contributed by atoms with Gasteiger partial charge in [-0.05, 0) is 18.2 Å². The van der Waals surface area contributed by atoms with Gasteiger partial charge in [0.05, 0.1) is 11.7 Å². The fourth-order valence-corrected chi connectivity index (χ4v) is 1.90. The van der Waals surface area contributed by atoms with Gasteiger partial charge < -0.3 is 5.73 Å². The van der Waals surface area contributed by atoms with Crippen molar-refractivity contribution in [2.24, 2.45) is 0 Å². The second kappa shape index (κ2) is 3.49. The van der Waals surface area contributed by atoms with E-state index < -0.39 is 0 Å². The number of anilines is 1. The van der Waals surface area contributed by atoms with Crippen molar-refractivity contribution in [3.63, 3.8) is 0 Å². The zero-order valence-corrected chi connectivity index (χ0v) is 8.98. The SMILES string of the molecule is Nc1ccc(-c2cnc3nsnc3c2)cn1. The topological polar surface area (TPSA) is 77.6 Å². The van der Waals surface area contributed by atoms with Crippen LogP contribution in [0.15, 0.2) is 30.6 Å². The molecule has 0 aromatic carbocycles. The maximum Gasteiger partial charge on any atom is 0.193 e. The third kappa shape index (κ3) is 1.49. The molecule has 0 saturated heterocycles. The van der Waals surface area contributed by atoms with Crippen LogP contribution < -0.4 is 5.73 Å². The molecule has 78 valence electrons. The number of nitrogen functional groups attached to an aromatic ring is 1. The van der Waals surface area contributed by atoms with E-state index in [4.69, 9.17) is 5.73 Å². The summed E-state index contributed by atoms with van der Waals surface area (Å²) < 4.78 is 8.20. The number of hydrogen-bond acceptors (Lipinski definition) is 6. The van der Waals surface area contributed by atoms with E-state index in [1.807, 2.05) is 12.1 Å². The number of aromatic nitrogens is 4. The molecule has 0 amide bonds. The first-order valence-corrected chi connectivity index (χ1v) is 5.36. The number of nitrogens with zero attached hydrogens (tertiary/aromatic N) is 4. The molecule has 0 atom stereocenters. The van der Waals surface area contributed by atoms with E-state index in [-0.39, 0.29) is 0 Å². The maximum atomic E-state index is 5.53. The van der Waals surface area contributed by atoms with E-state index in [0.29, 0.717) is 11.5 Å². The Morgan fingerprint density at radius 3 is 2.69 bits per heavy atom. The van der Waals surface area contributed by atoms with Gasteiger partial charge in [-0.25, -0.2) is 9.97 Å². The van der Waals surface area contributed by atoms with Crippen LogP contribution in [-0.2, 0) is 0 Å². The smallest absolute Gasteiger partial charge is 0.193 e. The third-order valence-corrected chi connectivity index (χ3v) is 2.77. The molecule has 0 aliphatic rings. The molecule has 6 heteroatoms. The van der Waals surface area contributed by atoms with Crippen molar-refractivity contribution in [3.8, 4) is 11.1 Å². The Balaban J connectivity index is 2.14. The highest BCUT2D eigenvalue weighted by Crippen LogP contribution is 2.21. The zero-order chi connectivity index (χ0) is 11.0. The first-order chi connectivity index (χ1) is 7.83. The second-order valence-electron chi connectivity index (χ2n) is 3.30. The summed E-state index contributed by atoms with van der Waals surface area (Å²) in [6.45, 7) is 0. The summed E-state index contributed by atoms with van der Waals surface area (Å²) >= 11 is 1.16. The lowest BCUT2D eigenvalue weighted by Gasteiger charge is -2.00. The molecule has 0 saturated carbocycles. The molecular formula is C10H7N5S. The highest BCUT2D eigenvalue weighted by Gasteiger charge is 2.03. The number of rotatable bonds is 1. The van der Waals surface area contributed by atoms with Gasteiger partial charge in [0.1, 0.15) is 11.3 Å². The predicted octanol–water partition coefficient (Wildman–Crippen LogP) is 1.73. The van der Waals surface area contributed by atoms with E-state index in [2.05, 4.69) is 18.7 Å². The van der Waals surface area contributed by atoms with Gasteiger partial charge in [0.15, 0.2) is 5.65 Å². The highest BCUT2D eigenvalue weighted by molar-refractivity contribution is 7.00. The lowest BCUT2D eigenvalue weighted by Crippen LogP contribution is -1.89. The van der Waals surface area contributed by atoms with Crippen LogP contribution in [0.2, 0.25) is 0 Å². The second-order valence-corrected chi connectivity index (χ2v) is 3.83. The molecule has 0 bridgehead atoms. The first-order valence-electron chi connectivity index (χ1n) is 4.63. The van der Waals surface area contributed by atoms with E-state index in [1.54, 1.807) is 18.5 Å². The summed E-state index contributed by atoms with van der Waals surface area (Å²) in [4.78, 5) is 8.26. The fourth-order valence-electron chi connectivity index (χ4n) is 1.42.